The van der Waals surface area contributed by atoms with Gasteiger partial charge < -0.3 is 14.5 Å². The number of halogens is 2. The Morgan fingerprint density at radius 3 is 2.63 bits per heavy atom. The van der Waals surface area contributed by atoms with Gasteiger partial charge in [0.1, 0.15) is 17.3 Å². The van der Waals surface area contributed by atoms with Crippen molar-refractivity contribution in [3.63, 3.8) is 0 Å². The third kappa shape index (κ3) is 4.65. The number of carbonyl (C=O) groups is 1. The number of phenols is 1. The van der Waals surface area contributed by atoms with Crippen molar-refractivity contribution in [2.75, 3.05) is 4.90 Å². The van der Waals surface area contributed by atoms with Gasteiger partial charge in [-0.2, -0.15) is 0 Å². The maximum atomic E-state index is 14.4. The van der Waals surface area contributed by atoms with Crippen LogP contribution in [0.3, 0.4) is 0 Å². The van der Waals surface area contributed by atoms with E-state index in [2.05, 4.69) is 5.16 Å². The number of hydrogen-bond acceptors (Lipinski definition) is 7. The first kappa shape index (κ1) is 27.0. The lowest BCUT2D eigenvalue weighted by Gasteiger charge is -2.35. The summed E-state index contributed by atoms with van der Waals surface area (Å²) in [6.45, 7) is 3.74. The van der Waals surface area contributed by atoms with E-state index in [-0.39, 0.29) is 23.8 Å². The van der Waals surface area contributed by atoms with E-state index in [1.165, 1.54) is 22.3 Å². The quantitative estimate of drug-likeness (QED) is 0.219. The van der Waals surface area contributed by atoms with Gasteiger partial charge >= 0.3 is 0 Å². The van der Waals surface area contributed by atoms with Gasteiger partial charge in [0.05, 0.1) is 28.5 Å². The molecule has 0 aliphatic carbocycles. The van der Waals surface area contributed by atoms with Crippen LogP contribution in [-0.4, -0.2) is 30.7 Å². The van der Waals surface area contributed by atoms with E-state index in [1.807, 2.05) is 48.1 Å². The van der Waals surface area contributed by atoms with Crippen molar-refractivity contribution in [3.05, 3.63) is 95.0 Å². The topological polar surface area (TPSA) is 97.3 Å². The number of fused-ring (bicyclic) bond motifs is 1. The molecular formula is C32H25F2N5O3S. The van der Waals surface area contributed by atoms with E-state index in [0.717, 1.165) is 40.0 Å². The van der Waals surface area contributed by atoms with Crippen molar-refractivity contribution < 1.29 is 23.2 Å². The minimum absolute atomic E-state index is 0.135. The lowest BCUT2D eigenvalue weighted by molar-refractivity contribution is -0.120. The van der Waals surface area contributed by atoms with E-state index in [4.69, 9.17) is 14.5 Å². The standard InChI is InChI=1S/C32H25F2N5O3S/c1-17-30(18(2)42-37-17)20-9-12-27-25(14-20)35-31(39(27)32-36-26(16-43-32)19-5-3-6-22(40)13-19)28-7-4-8-29(41)38(28)21-10-11-23(33)24(34)15-21/h3,5-6,9-16,28,40H,4,7-8H2,1-2H3. The number of aromatic nitrogens is 4. The predicted octanol–water partition coefficient (Wildman–Crippen LogP) is 7.66. The van der Waals surface area contributed by atoms with E-state index in [9.17, 15) is 18.7 Å². The monoisotopic (exact) mass is 597 g/mol. The zero-order chi connectivity index (χ0) is 29.8. The van der Waals surface area contributed by atoms with Crippen LogP contribution in [0.2, 0.25) is 0 Å². The van der Waals surface area contributed by atoms with Crippen LogP contribution in [0, 0.1) is 25.5 Å². The summed E-state index contributed by atoms with van der Waals surface area (Å²) in [5.41, 5.74) is 5.67. The van der Waals surface area contributed by atoms with Crippen molar-refractivity contribution >= 4 is 34.0 Å². The van der Waals surface area contributed by atoms with E-state index in [0.29, 0.717) is 40.8 Å². The molecule has 1 atom stereocenters. The maximum Gasteiger partial charge on any atom is 0.227 e. The van der Waals surface area contributed by atoms with Crippen LogP contribution in [0.1, 0.15) is 42.6 Å². The number of carbonyl (C=O) groups excluding carboxylic acids is 1. The number of piperidine rings is 1. The fraction of sp³-hybridized carbons (Fsp3) is 0.188. The van der Waals surface area contributed by atoms with Gasteiger partial charge in [-0.25, -0.2) is 18.7 Å². The molecule has 7 rings (SSSR count). The van der Waals surface area contributed by atoms with Gasteiger partial charge in [0.25, 0.3) is 0 Å². The SMILES string of the molecule is Cc1noc(C)c1-c1ccc2c(c1)nc(C1CCCC(=O)N1c1ccc(F)c(F)c1)n2-c1nc(-c2cccc(O)c2)cs1. The predicted molar refractivity (Wildman–Crippen MR) is 159 cm³/mol. The molecule has 1 aliphatic rings. The summed E-state index contributed by atoms with van der Waals surface area (Å²) in [4.78, 5) is 24.8. The second-order valence-electron chi connectivity index (χ2n) is 10.5. The van der Waals surface area contributed by atoms with Crippen LogP contribution in [0.15, 0.2) is 70.6 Å². The first-order chi connectivity index (χ1) is 20.8. The van der Waals surface area contributed by atoms with Gasteiger partial charge in [-0.15, -0.1) is 11.3 Å². The third-order valence-electron chi connectivity index (χ3n) is 7.76. The average Bonchev–Trinajstić information content (AvgIpc) is 3.71. The number of thiazole rings is 1. The molecule has 216 valence electrons. The van der Waals surface area contributed by atoms with Gasteiger partial charge in [-0.05, 0) is 68.7 Å². The van der Waals surface area contributed by atoms with Crippen molar-refractivity contribution in [2.24, 2.45) is 0 Å². The molecule has 1 aliphatic heterocycles. The second-order valence-corrected chi connectivity index (χ2v) is 11.4. The van der Waals surface area contributed by atoms with Crippen LogP contribution < -0.4 is 4.90 Å². The van der Waals surface area contributed by atoms with Crippen LogP contribution in [0.5, 0.6) is 5.75 Å². The molecule has 0 saturated carbocycles. The number of nitrogens with zero attached hydrogens (tertiary/aromatic N) is 5. The molecule has 6 aromatic rings. The van der Waals surface area contributed by atoms with Crippen LogP contribution in [0.4, 0.5) is 14.5 Å². The number of benzene rings is 3. The first-order valence-electron chi connectivity index (χ1n) is 13.8. The first-order valence-corrected chi connectivity index (χ1v) is 14.6. The summed E-state index contributed by atoms with van der Waals surface area (Å²) in [6, 6.07) is 15.7. The lowest BCUT2D eigenvalue weighted by Crippen LogP contribution is -2.39. The summed E-state index contributed by atoms with van der Waals surface area (Å²) in [7, 11) is 0. The summed E-state index contributed by atoms with van der Waals surface area (Å²) in [5.74, 6) is -0.823. The number of amides is 1. The Labute approximate surface area is 248 Å². The molecule has 0 bridgehead atoms. The summed E-state index contributed by atoms with van der Waals surface area (Å²) < 4.78 is 35.6. The van der Waals surface area contributed by atoms with Gasteiger partial charge in [0.15, 0.2) is 16.8 Å². The molecule has 1 fully saturated rings. The Kier molecular flexibility index (Phi) is 6.54. The molecule has 1 N–H and O–H groups in total. The van der Waals surface area contributed by atoms with Gasteiger partial charge in [-0.1, -0.05) is 23.4 Å². The Balaban J connectivity index is 1.43. The van der Waals surface area contributed by atoms with Crippen molar-refractivity contribution in [1.82, 2.24) is 19.7 Å². The molecule has 1 saturated heterocycles. The fourth-order valence-corrected chi connectivity index (χ4v) is 6.67. The maximum absolute atomic E-state index is 14.4. The molecular weight excluding hydrogens is 572 g/mol. The second kappa shape index (κ2) is 10.4. The van der Waals surface area contributed by atoms with E-state index in [1.54, 1.807) is 18.2 Å². The zero-order valence-electron chi connectivity index (χ0n) is 23.2. The molecule has 11 heteroatoms. The van der Waals surface area contributed by atoms with Crippen LogP contribution >= 0.6 is 11.3 Å². The molecule has 0 spiro atoms. The van der Waals surface area contributed by atoms with Gasteiger partial charge in [-0.3, -0.25) is 9.36 Å². The van der Waals surface area contributed by atoms with Crippen LogP contribution in [0.25, 0.3) is 38.5 Å². The van der Waals surface area contributed by atoms with Crippen molar-refractivity contribution in [3.8, 4) is 33.3 Å². The number of aromatic hydroxyl groups is 1. The normalized spacial score (nSPS) is 15.5. The molecule has 3 aromatic carbocycles. The number of phenolic OH excluding ortho intramolecular Hbond substituents is 1. The van der Waals surface area contributed by atoms with Crippen LogP contribution in [-0.2, 0) is 4.79 Å². The Morgan fingerprint density at radius 1 is 1.00 bits per heavy atom. The number of imidazole rings is 1. The minimum atomic E-state index is -1.03. The molecule has 0 radical (unpaired) electrons. The highest BCUT2D eigenvalue weighted by Crippen LogP contribution is 2.40. The fourth-order valence-electron chi connectivity index (χ4n) is 5.81. The third-order valence-corrected chi connectivity index (χ3v) is 8.58. The molecule has 43 heavy (non-hydrogen) atoms. The Bertz CT molecular complexity index is 2010. The molecule has 1 unspecified atom stereocenters. The van der Waals surface area contributed by atoms with Crippen molar-refractivity contribution in [1.29, 1.82) is 0 Å². The number of aryl methyl sites for hydroxylation is 2. The van der Waals surface area contributed by atoms with Gasteiger partial charge in [0, 0.05) is 34.7 Å². The number of hydrogen-bond donors (Lipinski definition) is 1. The van der Waals surface area contributed by atoms with Crippen molar-refractivity contribution in [2.45, 2.75) is 39.2 Å². The number of anilines is 1. The highest BCUT2D eigenvalue weighted by atomic mass is 32.1. The lowest BCUT2D eigenvalue weighted by atomic mass is 9.99. The average molecular weight is 598 g/mol. The summed E-state index contributed by atoms with van der Waals surface area (Å²) >= 11 is 1.40. The smallest absolute Gasteiger partial charge is 0.227 e. The highest BCUT2D eigenvalue weighted by molar-refractivity contribution is 7.12. The summed E-state index contributed by atoms with van der Waals surface area (Å²) in [5, 5.41) is 16.6. The molecule has 4 heterocycles. The van der Waals surface area contributed by atoms with Gasteiger partial charge in [0.2, 0.25) is 5.91 Å². The molecule has 1 amide bonds. The largest absolute Gasteiger partial charge is 0.508 e. The van der Waals surface area contributed by atoms with E-state index < -0.39 is 17.7 Å². The molecule has 3 aromatic heterocycles. The summed E-state index contributed by atoms with van der Waals surface area (Å²) in [6.07, 6.45) is 1.46. The van der Waals surface area contributed by atoms with E-state index >= 15 is 0 Å². The highest BCUT2D eigenvalue weighted by Gasteiger charge is 2.35. The Morgan fingerprint density at radius 2 is 1.86 bits per heavy atom. The Hall–Kier alpha value is -4.90. The minimum Gasteiger partial charge on any atom is -0.508 e. The zero-order valence-corrected chi connectivity index (χ0v) is 24.0. The number of rotatable bonds is 5. The molecule has 8 nitrogen and oxygen atoms in total.